The number of sulfonamides is 1. The maximum absolute atomic E-state index is 11.6. The summed E-state index contributed by atoms with van der Waals surface area (Å²) in [6.07, 6.45) is 0.948. The molecule has 19 heavy (non-hydrogen) atoms. The van der Waals surface area contributed by atoms with E-state index in [0.29, 0.717) is 5.69 Å². The van der Waals surface area contributed by atoms with Crippen LogP contribution in [-0.4, -0.2) is 34.5 Å². The molecule has 0 fully saturated rings. The fourth-order valence-corrected chi connectivity index (χ4v) is 2.22. The van der Waals surface area contributed by atoms with Crippen LogP contribution >= 0.6 is 0 Å². The van der Waals surface area contributed by atoms with Crippen LogP contribution in [0.4, 0.5) is 5.69 Å². The van der Waals surface area contributed by atoms with Gasteiger partial charge in [0.05, 0.1) is 11.4 Å². The zero-order valence-corrected chi connectivity index (χ0v) is 11.9. The van der Waals surface area contributed by atoms with Crippen LogP contribution in [0, 0.1) is 0 Å². The predicted octanol–water partition coefficient (Wildman–Crippen LogP) is 0.533. The molecule has 0 aromatic heterocycles. The summed E-state index contributed by atoms with van der Waals surface area (Å²) in [6.45, 7) is 2.98. The Kier molecular flexibility index (Phi) is 5.94. The van der Waals surface area contributed by atoms with Gasteiger partial charge in [0.15, 0.2) is 0 Å². The standard InChI is InChI=1S/C12H19N3O3S/c1-3-7-14-9-12(16)15-10-5-4-6-11(8-10)19(17,18)13-2/h4-6,8,13-14H,3,7,9H2,1-2H3,(H,15,16). The highest BCUT2D eigenvalue weighted by Crippen LogP contribution is 2.14. The minimum atomic E-state index is -3.49. The SMILES string of the molecule is CCCNCC(=O)Nc1cccc(S(=O)(=O)NC)c1. The average Bonchev–Trinajstić information content (AvgIpc) is 2.39. The molecular weight excluding hydrogens is 266 g/mol. The van der Waals surface area contributed by atoms with Crippen LogP contribution in [0.3, 0.4) is 0 Å². The Labute approximate surface area is 113 Å². The molecular formula is C12H19N3O3S. The van der Waals surface area contributed by atoms with Crippen LogP contribution in [0.5, 0.6) is 0 Å². The summed E-state index contributed by atoms with van der Waals surface area (Å²) in [6, 6.07) is 6.12. The molecule has 1 amide bonds. The molecule has 7 heteroatoms. The normalized spacial score (nSPS) is 11.3. The summed E-state index contributed by atoms with van der Waals surface area (Å²) in [4.78, 5) is 11.7. The second-order valence-corrected chi connectivity index (χ2v) is 5.85. The molecule has 3 N–H and O–H groups in total. The minimum absolute atomic E-state index is 0.120. The Bertz CT molecular complexity index is 529. The summed E-state index contributed by atoms with van der Waals surface area (Å²) >= 11 is 0. The predicted molar refractivity (Wildman–Crippen MR) is 74.5 cm³/mol. The average molecular weight is 285 g/mol. The number of nitrogens with one attached hydrogen (secondary N) is 3. The summed E-state index contributed by atoms with van der Waals surface area (Å²) in [5, 5.41) is 5.61. The van der Waals surface area contributed by atoms with Gasteiger partial charge in [-0.25, -0.2) is 13.1 Å². The van der Waals surface area contributed by atoms with Gasteiger partial charge in [-0.1, -0.05) is 13.0 Å². The van der Waals surface area contributed by atoms with Crippen molar-refractivity contribution in [2.75, 3.05) is 25.5 Å². The Balaban J connectivity index is 2.70. The highest BCUT2D eigenvalue weighted by atomic mass is 32.2. The molecule has 0 aliphatic heterocycles. The zero-order valence-electron chi connectivity index (χ0n) is 11.1. The first-order chi connectivity index (χ1) is 8.99. The van der Waals surface area contributed by atoms with Gasteiger partial charge >= 0.3 is 0 Å². The molecule has 1 aromatic carbocycles. The van der Waals surface area contributed by atoms with Crippen molar-refractivity contribution in [2.24, 2.45) is 0 Å². The molecule has 0 saturated carbocycles. The Morgan fingerprint density at radius 1 is 1.32 bits per heavy atom. The summed E-state index contributed by atoms with van der Waals surface area (Å²) < 4.78 is 25.5. The highest BCUT2D eigenvalue weighted by Gasteiger charge is 2.12. The first-order valence-corrected chi connectivity index (χ1v) is 7.52. The lowest BCUT2D eigenvalue weighted by molar-refractivity contribution is -0.115. The molecule has 0 bridgehead atoms. The lowest BCUT2D eigenvalue weighted by Crippen LogP contribution is -2.28. The number of rotatable bonds is 7. The molecule has 0 aliphatic carbocycles. The van der Waals surface area contributed by atoms with E-state index in [0.717, 1.165) is 13.0 Å². The number of benzene rings is 1. The third-order valence-electron chi connectivity index (χ3n) is 2.41. The second-order valence-electron chi connectivity index (χ2n) is 3.96. The van der Waals surface area contributed by atoms with Gasteiger partial charge < -0.3 is 10.6 Å². The maximum Gasteiger partial charge on any atom is 0.240 e. The van der Waals surface area contributed by atoms with E-state index >= 15 is 0 Å². The van der Waals surface area contributed by atoms with Crippen molar-refractivity contribution in [1.82, 2.24) is 10.0 Å². The second kappa shape index (κ2) is 7.22. The molecule has 0 saturated heterocycles. The molecule has 0 radical (unpaired) electrons. The third-order valence-corrected chi connectivity index (χ3v) is 3.82. The van der Waals surface area contributed by atoms with Gasteiger partial charge in [-0.05, 0) is 38.2 Å². The van der Waals surface area contributed by atoms with Crippen molar-refractivity contribution in [3.05, 3.63) is 24.3 Å². The van der Waals surface area contributed by atoms with Crippen LogP contribution in [0.25, 0.3) is 0 Å². The lowest BCUT2D eigenvalue weighted by atomic mass is 10.3. The number of anilines is 1. The number of carbonyl (C=O) groups excluding carboxylic acids is 1. The van der Waals surface area contributed by atoms with Gasteiger partial charge in [0.2, 0.25) is 15.9 Å². The van der Waals surface area contributed by atoms with Crippen LogP contribution in [0.15, 0.2) is 29.2 Å². The molecule has 0 heterocycles. The molecule has 1 aromatic rings. The van der Waals surface area contributed by atoms with Gasteiger partial charge in [0, 0.05) is 5.69 Å². The van der Waals surface area contributed by atoms with E-state index < -0.39 is 10.0 Å². The number of hydrogen-bond acceptors (Lipinski definition) is 4. The molecule has 0 atom stereocenters. The fraction of sp³-hybridized carbons (Fsp3) is 0.417. The quantitative estimate of drug-likeness (QED) is 0.638. The van der Waals surface area contributed by atoms with Crippen LogP contribution < -0.4 is 15.4 Å². The first kappa shape index (κ1) is 15.6. The molecule has 1 rings (SSSR count). The molecule has 6 nitrogen and oxygen atoms in total. The molecule has 106 valence electrons. The maximum atomic E-state index is 11.6. The first-order valence-electron chi connectivity index (χ1n) is 6.03. The van der Waals surface area contributed by atoms with E-state index in [9.17, 15) is 13.2 Å². The molecule has 0 aliphatic rings. The topological polar surface area (TPSA) is 87.3 Å². The summed E-state index contributed by atoms with van der Waals surface area (Å²) in [7, 11) is -2.15. The van der Waals surface area contributed by atoms with Crippen LogP contribution in [-0.2, 0) is 14.8 Å². The van der Waals surface area contributed by atoms with Crippen molar-refractivity contribution in [3.63, 3.8) is 0 Å². The molecule has 0 unspecified atom stereocenters. The van der Waals surface area contributed by atoms with Gasteiger partial charge in [-0.2, -0.15) is 0 Å². The van der Waals surface area contributed by atoms with E-state index in [4.69, 9.17) is 0 Å². The smallest absolute Gasteiger partial charge is 0.240 e. The minimum Gasteiger partial charge on any atom is -0.325 e. The van der Waals surface area contributed by atoms with Crippen molar-refractivity contribution in [2.45, 2.75) is 18.2 Å². The number of hydrogen-bond donors (Lipinski definition) is 3. The summed E-state index contributed by atoms with van der Waals surface area (Å²) in [5.74, 6) is -0.201. The number of amides is 1. The van der Waals surface area contributed by atoms with Gasteiger partial charge in [0.1, 0.15) is 0 Å². The van der Waals surface area contributed by atoms with Gasteiger partial charge in [0.25, 0.3) is 0 Å². The number of carbonyl (C=O) groups is 1. The van der Waals surface area contributed by atoms with Crippen molar-refractivity contribution in [3.8, 4) is 0 Å². The van der Waals surface area contributed by atoms with E-state index in [1.54, 1.807) is 12.1 Å². The van der Waals surface area contributed by atoms with Gasteiger partial charge in [-0.3, -0.25) is 4.79 Å². The van der Waals surface area contributed by atoms with Crippen molar-refractivity contribution in [1.29, 1.82) is 0 Å². The largest absolute Gasteiger partial charge is 0.325 e. The van der Waals surface area contributed by atoms with Gasteiger partial charge in [-0.15, -0.1) is 0 Å². The zero-order chi connectivity index (χ0) is 14.3. The Hall–Kier alpha value is -1.44. The summed E-state index contributed by atoms with van der Waals surface area (Å²) in [5.41, 5.74) is 0.458. The Morgan fingerprint density at radius 3 is 2.68 bits per heavy atom. The van der Waals surface area contributed by atoms with Crippen LogP contribution in [0.1, 0.15) is 13.3 Å². The molecule has 0 spiro atoms. The third kappa shape index (κ3) is 4.98. The highest BCUT2D eigenvalue weighted by molar-refractivity contribution is 7.89. The monoisotopic (exact) mass is 285 g/mol. The fourth-order valence-electron chi connectivity index (χ4n) is 1.44. The Morgan fingerprint density at radius 2 is 2.05 bits per heavy atom. The van der Waals surface area contributed by atoms with E-state index in [2.05, 4.69) is 15.4 Å². The van der Waals surface area contributed by atoms with E-state index in [1.165, 1.54) is 19.2 Å². The van der Waals surface area contributed by atoms with E-state index in [-0.39, 0.29) is 17.3 Å². The van der Waals surface area contributed by atoms with Crippen molar-refractivity contribution < 1.29 is 13.2 Å². The van der Waals surface area contributed by atoms with Crippen LogP contribution in [0.2, 0.25) is 0 Å². The lowest BCUT2D eigenvalue weighted by Gasteiger charge is -2.08. The van der Waals surface area contributed by atoms with Crippen molar-refractivity contribution >= 4 is 21.6 Å². The van der Waals surface area contributed by atoms with E-state index in [1.807, 2.05) is 6.92 Å².